The summed E-state index contributed by atoms with van der Waals surface area (Å²) in [5.41, 5.74) is 5.32. The molecule has 170 valence electrons. The number of fused-ring (bicyclic) bond motifs is 1. The van der Waals surface area contributed by atoms with Crippen LogP contribution in [0, 0.1) is 0 Å². The van der Waals surface area contributed by atoms with Crippen LogP contribution in [0.2, 0.25) is 0 Å². The maximum absolute atomic E-state index is 13.4. The van der Waals surface area contributed by atoms with Gasteiger partial charge in [0, 0.05) is 41.5 Å². The van der Waals surface area contributed by atoms with E-state index in [1.807, 2.05) is 96.8 Å². The van der Waals surface area contributed by atoms with Crippen molar-refractivity contribution in [2.75, 3.05) is 0 Å². The third kappa shape index (κ3) is 3.52. The van der Waals surface area contributed by atoms with Gasteiger partial charge in [-0.1, -0.05) is 61.2 Å². The van der Waals surface area contributed by atoms with E-state index in [1.54, 1.807) is 0 Å². The second kappa shape index (κ2) is 8.18. The van der Waals surface area contributed by atoms with Crippen molar-refractivity contribution in [1.29, 1.82) is 0 Å². The SMILES string of the molecule is C=c1[nH]n(-c2ccccc2)c(=O)/c1=C/c1cn(-c2ccccc2)nc1-c1cn(C)c2ccccc12. The highest BCUT2D eigenvalue weighted by atomic mass is 16.1. The van der Waals surface area contributed by atoms with Crippen LogP contribution in [0.1, 0.15) is 5.56 Å². The van der Waals surface area contributed by atoms with E-state index >= 15 is 0 Å². The summed E-state index contributed by atoms with van der Waals surface area (Å²) in [5.74, 6) is 0. The summed E-state index contributed by atoms with van der Waals surface area (Å²) in [7, 11) is 2.03. The van der Waals surface area contributed by atoms with Crippen molar-refractivity contribution in [2.24, 2.45) is 7.05 Å². The zero-order valence-corrected chi connectivity index (χ0v) is 19.2. The van der Waals surface area contributed by atoms with Crippen molar-refractivity contribution in [1.82, 2.24) is 24.1 Å². The van der Waals surface area contributed by atoms with Crippen molar-refractivity contribution < 1.29 is 0 Å². The first-order valence-corrected chi connectivity index (χ1v) is 11.4. The minimum Gasteiger partial charge on any atom is -0.350 e. The summed E-state index contributed by atoms with van der Waals surface area (Å²) in [4.78, 5) is 13.4. The summed E-state index contributed by atoms with van der Waals surface area (Å²) in [6.07, 6.45) is 5.93. The van der Waals surface area contributed by atoms with Crippen LogP contribution in [-0.4, -0.2) is 24.1 Å². The summed E-state index contributed by atoms with van der Waals surface area (Å²) in [5, 5.41) is 10.2. The van der Waals surface area contributed by atoms with Crippen LogP contribution in [0.25, 0.3) is 46.2 Å². The van der Waals surface area contributed by atoms with E-state index in [-0.39, 0.29) is 5.56 Å². The quantitative estimate of drug-likeness (QED) is 0.438. The van der Waals surface area contributed by atoms with Crippen LogP contribution >= 0.6 is 0 Å². The lowest BCUT2D eigenvalue weighted by atomic mass is 10.1. The number of rotatable bonds is 4. The lowest BCUT2D eigenvalue weighted by Crippen LogP contribution is -2.33. The van der Waals surface area contributed by atoms with Crippen LogP contribution in [-0.2, 0) is 7.05 Å². The topological polar surface area (TPSA) is 60.5 Å². The predicted octanol–water partition coefficient (Wildman–Crippen LogP) is 3.75. The highest BCUT2D eigenvalue weighted by molar-refractivity contribution is 5.96. The molecule has 3 heterocycles. The first kappa shape index (κ1) is 20.7. The molecule has 0 saturated heterocycles. The number of nitrogens with one attached hydrogen (secondary N) is 1. The number of aromatic amines is 1. The van der Waals surface area contributed by atoms with Crippen LogP contribution < -0.4 is 16.1 Å². The maximum Gasteiger partial charge on any atom is 0.279 e. The van der Waals surface area contributed by atoms with Gasteiger partial charge in [0.05, 0.1) is 21.9 Å². The van der Waals surface area contributed by atoms with Gasteiger partial charge in [0.1, 0.15) is 5.69 Å². The monoisotopic (exact) mass is 457 g/mol. The number of hydrogen-bond acceptors (Lipinski definition) is 2. The van der Waals surface area contributed by atoms with E-state index in [9.17, 15) is 4.79 Å². The van der Waals surface area contributed by atoms with Crippen molar-refractivity contribution in [3.63, 3.8) is 0 Å². The summed E-state index contributed by atoms with van der Waals surface area (Å²) < 4.78 is 5.48. The van der Waals surface area contributed by atoms with Crippen LogP contribution in [0.3, 0.4) is 0 Å². The fraction of sp³-hybridized carbons (Fsp3) is 0.0345. The third-order valence-corrected chi connectivity index (χ3v) is 6.23. The standard InChI is InChI=1S/C29H23N5O/c1-20-25(29(35)34(30-20)23-13-7-4-8-14-23)17-21-18-33(22-11-5-3-6-12-22)31-28(21)26-19-32(2)27-16-10-9-15-24(26)27/h3-19,30H,1H2,2H3/b25-17+. The Morgan fingerprint density at radius 3 is 2.26 bits per heavy atom. The van der Waals surface area contributed by atoms with E-state index in [1.165, 1.54) is 4.68 Å². The molecule has 1 N–H and O–H groups in total. The lowest BCUT2D eigenvalue weighted by molar-refractivity contribution is 0.838. The van der Waals surface area contributed by atoms with Crippen molar-refractivity contribution in [2.45, 2.75) is 0 Å². The highest BCUT2D eigenvalue weighted by Crippen LogP contribution is 2.32. The zero-order chi connectivity index (χ0) is 23.9. The Morgan fingerprint density at radius 1 is 0.857 bits per heavy atom. The lowest BCUT2D eigenvalue weighted by Gasteiger charge is -1.99. The number of nitrogens with zero attached hydrogens (tertiary/aromatic N) is 4. The number of aromatic nitrogens is 5. The molecule has 6 heteroatoms. The molecular weight excluding hydrogens is 434 g/mol. The van der Waals surface area contributed by atoms with E-state index in [0.29, 0.717) is 10.6 Å². The van der Waals surface area contributed by atoms with Gasteiger partial charge in [0.15, 0.2) is 0 Å². The van der Waals surface area contributed by atoms with E-state index < -0.39 is 0 Å². The molecule has 0 radical (unpaired) electrons. The third-order valence-electron chi connectivity index (χ3n) is 6.23. The van der Waals surface area contributed by atoms with E-state index in [0.717, 1.165) is 39.1 Å². The summed E-state index contributed by atoms with van der Waals surface area (Å²) >= 11 is 0. The van der Waals surface area contributed by atoms with Gasteiger partial charge in [-0.3, -0.25) is 9.89 Å². The van der Waals surface area contributed by atoms with Crippen LogP contribution in [0.15, 0.2) is 102 Å². The molecule has 3 aromatic carbocycles. The molecule has 6 nitrogen and oxygen atoms in total. The van der Waals surface area contributed by atoms with Gasteiger partial charge in [0.2, 0.25) is 0 Å². The fourth-order valence-corrected chi connectivity index (χ4v) is 4.50. The van der Waals surface area contributed by atoms with Crippen molar-refractivity contribution >= 4 is 23.6 Å². The molecule has 6 rings (SSSR count). The Hall–Kier alpha value is -4.84. The molecular formula is C29H23N5O. The minimum atomic E-state index is -0.155. The Bertz CT molecular complexity index is 1840. The molecule has 0 spiro atoms. The van der Waals surface area contributed by atoms with Gasteiger partial charge < -0.3 is 4.57 Å². The molecule has 0 bridgehead atoms. The molecule has 0 aliphatic rings. The minimum absolute atomic E-state index is 0.155. The number of benzene rings is 3. The Labute approximate surface area is 201 Å². The molecule has 35 heavy (non-hydrogen) atoms. The number of para-hydroxylation sites is 3. The summed E-state index contributed by atoms with van der Waals surface area (Å²) in [6.45, 7) is 4.11. The molecule has 0 fully saturated rings. The van der Waals surface area contributed by atoms with Gasteiger partial charge >= 0.3 is 0 Å². The fourth-order valence-electron chi connectivity index (χ4n) is 4.50. The normalized spacial score (nSPS) is 12.0. The van der Waals surface area contributed by atoms with Crippen molar-refractivity contribution in [3.05, 3.63) is 124 Å². The molecule has 0 unspecified atom stereocenters. The average molecular weight is 458 g/mol. The zero-order valence-electron chi connectivity index (χ0n) is 19.2. The van der Waals surface area contributed by atoms with Gasteiger partial charge in [-0.05, 0) is 36.4 Å². The molecule has 0 aliphatic heterocycles. The molecule has 0 atom stereocenters. The molecule has 6 aromatic rings. The van der Waals surface area contributed by atoms with Gasteiger partial charge in [-0.15, -0.1) is 0 Å². The number of hydrogen-bond donors (Lipinski definition) is 1. The van der Waals surface area contributed by atoms with Gasteiger partial charge in [-0.2, -0.15) is 5.10 Å². The highest BCUT2D eigenvalue weighted by Gasteiger charge is 2.17. The number of H-pyrrole nitrogens is 1. The predicted molar refractivity (Wildman–Crippen MR) is 140 cm³/mol. The second-order valence-electron chi connectivity index (χ2n) is 8.51. The van der Waals surface area contributed by atoms with Crippen molar-refractivity contribution in [3.8, 4) is 22.6 Å². The number of aryl methyl sites for hydroxylation is 1. The first-order chi connectivity index (χ1) is 17.1. The molecule has 0 amide bonds. The smallest absolute Gasteiger partial charge is 0.279 e. The average Bonchev–Trinajstić information content (AvgIpc) is 3.55. The molecule has 0 aliphatic carbocycles. The van der Waals surface area contributed by atoms with E-state index in [2.05, 4.69) is 34.6 Å². The van der Waals surface area contributed by atoms with Gasteiger partial charge in [0.25, 0.3) is 5.56 Å². The second-order valence-corrected chi connectivity index (χ2v) is 8.51. The molecule has 3 aromatic heterocycles. The summed E-state index contributed by atoms with van der Waals surface area (Å²) in [6, 6.07) is 27.7. The van der Waals surface area contributed by atoms with E-state index in [4.69, 9.17) is 5.10 Å². The Kier molecular flexibility index (Phi) is 4.85. The Balaban J connectivity index is 1.61. The maximum atomic E-state index is 13.4. The largest absolute Gasteiger partial charge is 0.350 e. The van der Waals surface area contributed by atoms with Gasteiger partial charge in [-0.25, -0.2) is 9.36 Å². The molecule has 0 saturated carbocycles. The van der Waals surface area contributed by atoms with Crippen LogP contribution in [0.5, 0.6) is 0 Å². The Morgan fingerprint density at radius 2 is 1.51 bits per heavy atom. The first-order valence-electron chi connectivity index (χ1n) is 11.4. The van der Waals surface area contributed by atoms with Crippen LogP contribution in [0.4, 0.5) is 0 Å².